The van der Waals surface area contributed by atoms with Crippen LogP contribution in [0.3, 0.4) is 0 Å². The molecule has 148 valence electrons. The number of carbonyl (C=O) groups is 3. The lowest BCUT2D eigenvalue weighted by Gasteiger charge is -2.19. The van der Waals surface area contributed by atoms with E-state index in [0.29, 0.717) is 5.75 Å². The molecule has 0 saturated carbocycles. The van der Waals surface area contributed by atoms with Gasteiger partial charge in [-0.15, -0.1) is 0 Å². The molecule has 0 unspecified atom stereocenters. The minimum atomic E-state index is -0.660. The van der Waals surface area contributed by atoms with Gasteiger partial charge in [0.1, 0.15) is 11.4 Å². The summed E-state index contributed by atoms with van der Waals surface area (Å²) in [4.78, 5) is 34.8. The highest BCUT2D eigenvalue weighted by atomic mass is 16.6. The van der Waals surface area contributed by atoms with Crippen LogP contribution in [0, 0.1) is 0 Å². The molecule has 1 rings (SSSR count). The van der Waals surface area contributed by atoms with E-state index >= 15 is 0 Å². The summed E-state index contributed by atoms with van der Waals surface area (Å²) in [6, 6.07) is 7.33. The van der Waals surface area contributed by atoms with Crippen LogP contribution in [0.15, 0.2) is 30.3 Å². The number of para-hydroxylation sites is 1. The van der Waals surface area contributed by atoms with Crippen LogP contribution < -0.4 is 20.7 Å². The van der Waals surface area contributed by atoms with E-state index in [2.05, 4.69) is 16.0 Å². The topological polar surface area (TPSA) is 106 Å². The number of ether oxygens (including phenoxy) is 2. The van der Waals surface area contributed by atoms with Gasteiger partial charge in [0.25, 0.3) is 0 Å². The van der Waals surface area contributed by atoms with Crippen molar-refractivity contribution < 1.29 is 23.9 Å². The number of nitrogens with one attached hydrogen (secondary N) is 3. The SMILES string of the molecule is COc1ccccc1/C=C/C(=O)NCCNC(=O)CNC(=O)OC(C)(C)C. The highest BCUT2D eigenvalue weighted by Gasteiger charge is 2.16. The molecular weight excluding hydrogens is 350 g/mol. The van der Waals surface area contributed by atoms with Crippen LogP contribution in [0.1, 0.15) is 26.3 Å². The van der Waals surface area contributed by atoms with Crippen molar-refractivity contribution in [2.45, 2.75) is 26.4 Å². The Morgan fingerprint density at radius 2 is 1.70 bits per heavy atom. The molecule has 8 nitrogen and oxygen atoms in total. The standard InChI is InChI=1S/C19H27N3O5/c1-19(2,3)27-18(25)22-13-17(24)21-12-11-20-16(23)10-9-14-7-5-6-8-15(14)26-4/h5-10H,11-13H2,1-4H3,(H,20,23)(H,21,24)(H,22,25)/b10-9+. The molecule has 1 aromatic carbocycles. The minimum absolute atomic E-state index is 0.198. The van der Waals surface area contributed by atoms with Crippen LogP contribution in [0.4, 0.5) is 4.79 Å². The van der Waals surface area contributed by atoms with Crippen molar-refractivity contribution in [2.24, 2.45) is 0 Å². The first-order chi connectivity index (χ1) is 12.7. The Hall–Kier alpha value is -3.03. The molecule has 0 heterocycles. The monoisotopic (exact) mass is 377 g/mol. The lowest BCUT2D eigenvalue weighted by atomic mass is 10.2. The normalized spacial score (nSPS) is 11.0. The molecule has 0 saturated heterocycles. The van der Waals surface area contributed by atoms with Crippen LogP contribution in [0.2, 0.25) is 0 Å². The molecule has 0 fully saturated rings. The third kappa shape index (κ3) is 9.88. The zero-order valence-electron chi connectivity index (χ0n) is 16.1. The van der Waals surface area contributed by atoms with Gasteiger partial charge in [-0.1, -0.05) is 18.2 Å². The number of methoxy groups -OCH3 is 1. The zero-order chi connectivity index (χ0) is 20.3. The molecule has 0 aromatic heterocycles. The highest BCUT2D eigenvalue weighted by Crippen LogP contribution is 2.18. The first-order valence-electron chi connectivity index (χ1n) is 8.54. The van der Waals surface area contributed by atoms with Gasteiger partial charge in [-0.2, -0.15) is 0 Å². The largest absolute Gasteiger partial charge is 0.496 e. The molecule has 0 aliphatic heterocycles. The summed E-state index contributed by atoms with van der Waals surface area (Å²) < 4.78 is 10.2. The fraction of sp³-hybridized carbons (Fsp3) is 0.421. The summed E-state index contributed by atoms with van der Waals surface area (Å²) in [7, 11) is 1.56. The predicted molar refractivity (Wildman–Crippen MR) is 102 cm³/mol. The van der Waals surface area contributed by atoms with E-state index < -0.39 is 11.7 Å². The molecule has 0 aliphatic rings. The number of carbonyl (C=O) groups excluding carboxylic acids is 3. The first-order valence-corrected chi connectivity index (χ1v) is 8.54. The maximum atomic E-state index is 11.8. The summed E-state index contributed by atoms with van der Waals surface area (Å²) in [5.74, 6) is 0.00741. The van der Waals surface area contributed by atoms with Crippen molar-refractivity contribution in [2.75, 3.05) is 26.7 Å². The molecular formula is C19H27N3O5. The summed E-state index contributed by atoms with van der Waals surface area (Å²) >= 11 is 0. The number of alkyl carbamates (subject to hydrolysis) is 1. The van der Waals surface area contributed by atoms with Crippen molar-refractivity contribution in [1.82, 2.24) is 16.0 Å². The Kier molecular flexibility index (Phi) is 8.84. The minimum Gasteiger partial charge on any atom is -0.496 e. The van der Waals surface area contributed by atoms with E-state index in [1.54, 1.807) is 40.0 Å². The van der Waals surface area contributed by atoms with E-state index in [0.717, 1.165) is 5.56 Å². The quantitative estimate of drug-likeness (QED) is 0.470. The van der Waals surface area contributed by atoms with Crippen molar-refractivity contribution in [1.29, 1.82) is 0 Å². The number of hydrogen-bond donors (Lipinski definition) is 3. The molecule has 3 N–H and O–H groups in total. The van der Waals surface area contributed by atoms with Gasteiger partial charge in [0, 0.05) is 24.7 Å². The van der Waals surface area contributed by atoms with Gasteiger partial charge in [-0.05, 0) is 32.9 Å². The third-order valence-corrected chi connectivity index (χ3v) is 3.09. The van der Waals surface area contributed by atoms with E-state index in [9.17, 15) is 14.4 Å². The molecule has 0 bridgehead atoms. The fourth-order valence-corrected chi connectivity index (χ4v) is 1.95. The van der Waals surface area contributed by atoms with Gasteiger partial charge in [0.05, 0.1) is 13.7 Å². The summed E-state index contributed by atoms with van der Waals surface area (Å²) in [5, 5.41) is 7.58. The summed E-state index contributed by atoms with van der Waals surface area (Å²) in [6.07, 6.45) is 2.38. The van der Waals surface area contributed by atoms with Crippen LogP contribution in [-0.2, 0) is 14.3 Å². The van der Waals surface area contributed by atoms with Crippen LogP contribution >= 0.6 is 0 Å². The average Bonchev–Trinajstić information content (AvgIpc) is 2.60. The van der Waals surface area contributed by atoms with E-state index in [1.807, 2.05) is 18.2 Å². The van der Waals surface area contributed by atoms with Gasteiger partial charge in [-0.25, -0.2) is 4.79 Å². The van der Waals surface area contributed by atoms with Crippen molar-refractivity contribution in [3.8, 4) is 5.75 Å². The Bertz CT molecular complexity index is 680. The Labute approximate surface area is 159 Å². The van der Waals surface area contributed by atoms with E-state index in [-0.39, 0.29) is 31.4 Å². The lowest BCUT2D eigenvalue weighted by molar-refractivity contribution is -0.120. The molecule has 3 amide bonds. The molecule has 0 radical (unpaired) electrons. The molecule has 8 heteroatoms. The smallest absolute Gasteiger partial charge is 0.408 e. The molecule has 0 atom stereocenters. The van der Waals surface area contributed by atoms with Crippen molar-refractivity contribution >= 4 is 24.0 Å². The molecule has 0 aliphatic carbocycles. The van der Waals surface area contributed by atoms with Crippen LogP contribution in [0.25, 0.3) is 6.08 Å². The first kappa shape index (κ1) is 22.0. The third-order valence-electron chi connectivity index (χ3n) is 3.09. The second-order valence-electron chi connectivity index (χ2n) is 6.57. The van der Waals surface area contributed by atoms with Crippen molar-refractivity contribution in [3.63, 3.8) is 0 Å². The lowest BCUT2D eigenvalue weighted by Crippen LogP contribution is -2.41. The summed E-state index contributed by atoms with van der Waals surface area (Å²) in [5.41, 5.74) is 0.166. The Morgan fingerprint density at radius 1 is 1.04 bits per heavy atom. The Balaban J connectivity index is 2.23. The molecule has 0 spiro atoms. The van der Waals surface area contributed by atoms with E-state index in [4.69, 9.17) is 9.47 Å². The Morgan fingerprint density at radius 3 is 2.37 bits per heavy atom. The number of benzene rings is 1. The molecule has 27 heavy (non-hydrogen) atoms. The number of rotatable bonds is 8. The van der Waals surface area contributed by atoms with Gasteiger partial charge < -0.3 is 25.4 Å². The van der Waals surface area contributed by atoms with Gasteiger partial charge in [-0.3, -0.25) is 9.59 Å². The van der Waals surface area contributed by atoms with Gasteiger partial charge in [0.15, 0.2) is 0 Å². The molecule has 1 aromatic rings. The maximum absolute atomic E-state index is 11.8. The summed E-state index contributed by atoms with van der Waals surface area (Å²) in [6.45, 7) is 5.50. The number of amides is 3. The second-order valence-corrected chi connectivity index (χ2v) is 6.57. The zero-order valence-corrected chi connectivity index (χ0v) is 16.1. The second kappa shape index (κ2) is 10.8. The van der Waals surface area contributed by atoms with Crippen molar-refractivity contribution in [3.05, 3.63) is 35.9 Å². The maximum Gasteiger partial charge on any atom is 0.408 e. The van der Waals surface area contributed by atoms with Crippen LogP contribution in [-0.4, -0.2) is 50.3 Å². The number of hydrogen-bond acceptors (Lipinski definition) is 5. The van der Waals surface area contributed by atoms with Crippen LogP contribution in [0.5, 0.6) is 5.75 Å². The average molecular weight is 377 g/mol. The highest BCUT2D eigenvalue weighted by molar-refractivity contribution is 5.92. The van der Waals surface area contributed by atoms with E-state index in [1.165, 1.54) is 6.08 Å². The van der Waals surface area contributed by atoms with Gasteiger partial charge in [0.2, 0.25) is 11.8 Å². The predicted octanol–water partition coefficient (Wildman–Crippen LogP) is 1.47. The van der Waals surface area contributed by atoms with Gasteiger partial charge >= 0.3 is 6.09 Å². The fourth-order valence-electron chi connectivity index (χ4n) is 1.95.